The Balaban J connectivity index is 2.07. The third-order valence-corrected chi connectivity index (χ3v) is 2.59. The van der Waals surface area contributed by atoms with Crippen LogP contribution in [0.4, 0.5) is 0 Å². The van der Waals surface area contributed by atoms with Gasteiger partial charge in [-0.05, 0) is 0 Å². The lowest BCUT2D eigenvalue weighted by Gasteiger charge is -2.09. The lowest BCUT2D eigenvalue weighted by molar-refractivity contribution is 0.160. The molecule has 1 aromatic rings. The molecule has 0 amide bonds. The van der Waals surface area contributed by atoms with E-state index in [9.17, 15) is 5.11 Å². The predicted molar refractivity (Wildman–Crippen MR) is 56.6 cm³/mol. The van der Waals surface area contributed by atoms with Crippen molar-refractivity contribution in [2.24, 2.45) is 0 Å². The van der Waals surface area contributed by atoms with Gasteiger partial charge < -0.3 is 15.2 Å². The zero-order chi connectivity index (χ0) is 10.2. The van der Waals surface area contributed by atoms with Gasteiger partial charge in [0.05, 0.1) is 18.2 Å². The molecule has 0 bridgehead atoms. The number of aromatic nitrogens is 1. The maximum absolute atomic E-state index is 9.60. The second kappa shape index (κ2) is 6.89. The number of thiazole rings is 1. The number of ether oxygens (including phenoxy) is 1. The average molecular weight is 216 g/mol. The van der Waals surface area contributed by atoms with Gasteiger partial charge in [0.2, 0.25) is 0 Å². The number of nitrogens with zero attached hydrogens (tertiary/aromatic N) is 1. The van der Waals surface area contributed by atoms with Gasteiger partial charge in [-0.3, -0.25) is 4.98 Å². The van der Waals surface area contributed by atoms with E-state index >= 15 is 0 Å². The fraction of sp³-hybridized carbons (Fsp3) is 0.667. The molecule has 0 aliphatic heterocycles. The molecule has 2 N–H and O–H groups in total. The minimum Gasteiger partial charge on any atom is -0.391 e. The smallest absolute Gasteiger partial charge is 0.0794 e. The fourth-order valence-corrected chi connectivity index (χ4v) is 1.76. The van der Waals surface area contributed by atoms with Crippen LogP contribution >= 0.6 is 11.3 Å². The highest BCUT2D eigenvalue weighted by molar-refractivity contribution is 7.09. The van der Waals surface area contributed by atoms with Crippen LogP contribution in [-0.4, -0.2) is 43.0 Å². The molecule has 1 rings (SSSR count). The zero-order valence-corrected chi connectivity index (χ0v) is 9.09. The average Bonchev–Trinajstić information content (AvgIpc) is 2.65. The van der Waals surface area contributed by atoms with Crippen LogP contribution in [0.15, 0.2) is 11.7 Å². The summed E-state index contributed by atoms with van der Waals surface area (Å²) in [6, 6.07) is 0. The van der Waals surface area contributed by atoms with Crippen LogP contribution in [0.5, 0.6) is 0 Å². The summed E-state index contributed by atoms with van der Waals surface area (Å²) in [6.45, 7) is 2.05. The van der Waals surface area contributed by atoms with Gasteiger partial charge >= 0.3 is 0 Å². The van der Waals surface area contributed by atoms with Crippen LogP contribution < -0.4 is 5.32 Å². The molecule has 0 radical (unpaired) electrons. The molecule has 14 heavy (non-hydrogen) atoms. The van der Waals surface area contributed by atoms with Crippen molar-refractivity contribution >= 4 is 11.3 Å². The van der Waals surface area contributed by atoms with Gasteiger partial charge in [-0.1, -0.05) is 0 Å². The van der Waals surface area contributed by atoms with E-state index in [0.717, 1.165) is 11.4 Å². The summed E-state index contributed by atoms with van der Waals surface area (Å²) in [7, 11) is 1.66. The molecule has 4 nitrogen and oxygen atoms in total. The van der Waals surface area contributed by atoms with Crippen LogP contribution in [0.25, 0.3) is 0 Å². The third kappa shape index (κ3) is 4.66. The van der Waals surface area contributed by atoms with Gasteiger partial charge in [-0.2, -0.15) is 0 Å². The molecular formula is C9H16N2O2S. The largest absolute Gasteiger partial charge is 0.391 e. The van der Waals surface area contributed by atoms with Crippen LogP contribution in [0, 0.1) is 0 Å². The number of methoxy groups -OCH3 is 1. The Kier molecular flexibility index (Phi) is 5.70. The molecule has 0 fully saturated rings. The van der Waals surface area contributed by atoms with Gasteiger partial charge in [0.1, 0.15) is 0 Å². The van der Waals surface area contributed by atoms with Crippen molar-refractivity contribution < 1.29 is 9.84 Å². The second-order valence-corrected chi connectivity index (χ2v) is 3.99. The van der Waals surface area contributed by atoms with Crippen molar-refractivity contribution in [3.05, 3.63) is 16.6 Å². The highest BCUT2D eigenvalue weighted by Gasteiger charge is 2.05. The Morgan fingerprint density at radius 3 is 3.21 bits per heavy atom. The number of aliphatic hydroxyl groups is 1. The summed E-state index contributed by atoms with van der Waals surface area (Å²) in [6.07, 6.45) is 2.13. The second-order valence-electron chi connectivity index (χ2n) is 3.02. The summed E-state index contributed by atoms with van der Waals surface area (Å²) in [5.74, 6) is 0. The normalized spacial score (nSPS) is 13.0. The van der Waals surface area contributed by atoms with Gasteiger partial charge in [-0.25, -0.2) is 0 Å². The first-order valence-electron chi connectivity index (χ1n) is 4.58. The molecule has 0 saturated heterocycles. The maximum atomic E-state index is 9.60. The summed E-state index contributed by atoms with van der Waals surface area (Å²) >= 11 is 1.57. The molecule has 0 aliphatic rings. The summed E-state index contributed by atoms with van der Waals surface area (Å²) in [5.41, 5.74) is 1.78. The van der Waals surface area contributed by atoms with E-state index in [1.807, 2.05) is 0 Å². The highest BCUT2D eigenvalue weighted by atomic mass is 32.1. The molecule has 80 valence electrons. The fourth-order valence-electron chi connectivity index (χ4n) is 1.09. The van der Waals surface area contributed by atoms with Crippen molar-refractivity contribution in [1.82, 2.24) is 10.3 Å². The van der Waals surface area contributed by atoms with Crippen molar-refractivity contribution in [3.63, 3.8) is 0 Å². The molecule has 5 heteroatoms. The molecule has 0 spiro atoms. The van der Waals surface area contributed by atoms with Gasteiger partial charge in [0, 0.05) is 37.7 Å². The standard InChI is InChI=1S/C9H16N2O2S/c1-13-3-2-10-5-8(12)4-9-6-11-7-14-9/h6-8,10,12H,2-5H2,1H3. The van der Waals surface area contributed by atoms with E-state index < -0.39 is 0 Å². The molecule has 0 saturated carbocycles. The first kappa shape index (κ1) is 11.6. The molecule has 1 heterocycles. The van der Waals surface area contributed by atoms with Crippen LogP contribution in [0.1, 0.15) is 4.88 Å². The molecule has 1 aromatic heterocycles. The van der Waals surface area contributed by atoms with Crippen molar-refractivity contribution in [3.8, 4) is 0 Å². The van der Waals surface area contributed by atoms with E-state index in [1.54, 1.807) is 30.2 Å². The monoisotopic (exact) mass is 216 g/mol. The Bertz CT molecular complexity index is 229. The Labute approximate surface area is 87.9 Å². The molecular weight excluding hydrogens is 200 g/mol. The minimum absolute atomic E-state index is 0.340. The quantitative estimate of drug-likeness (QED) is 0.643. The van der Waals surface area contributed by atoms with Crippen LogP contribution in [-0.2, 0) is 11.2 Å². The van der Waals surface area contributed by atoms with Gasteiger partial charge in [0.15, 0.2) is 0 Å². The number of rotatable bonds is 7. The van der Waals surface area contributed by atoms with E-state index in [0.29, 0.717) is 19.6 Å². The topological polar surface area (TPSA) is 54.4 Å². The Morgan fingerprint density at radius 1 is 1.71 bits per heavy atom. The third-order valence-electron chi connectivity index (χ3n) is 1.78. The summed E-state index contributed by atoms with van der Waals surface area (Å²) in [4.78, 5) is 5.07. The number of nitrogens with one attached hydrogen (secondary N) is 1. The van der Waals surface area contributed by atoms with E-state index in [4.69, 9.17) is 4.74 Å². The van der Waals surface area contributed by atoms with E-state index in [1.165, 1.54) is 0 Å². The molecule has 0 aliphatic carbocycles. The Hall–Kier alpha value is -0.490. The van der Waals surface area contributed by atoms with Crippen molar-refractivity contribution in [2.45, 2.75) is 12.5 Å². The van der Waals surface area contributed by atoms with E-state index in [-0.39, 0.29) is 6.10 Å². The van der Waals surface area contributed by atoms with E-state index in [2.05, 4.69) is 10.3 Å². The zero-order valence-electron chi connectivity index (χ0n) is 8.27. The number of aliphatic hydroxyl groups excluding tert-OH is 1. The summed E-state index contributed by atoms with van der Waals surface area (Å²) < 4.78 is 4.88. The summed E-state index contributed by atoms with van der Waals surface area (Å²) in [5, 5.41) is 12.7. The highest BCUT2D eigenvalue weighted by Crippen LogP contribution is 2.07. The van der Waals surface area contributed by atoms with Gasteiger partial charge in [-0.15, -0.1) is 11.3 Å². The minimum atomic E-state index is -0.340. The lowest BCUT2D eigenvalue weighted by atomic mass is 10.2. The molecule has 1 unspecified atom stereocenters. The molecule has 0 aromatic carbocycles. The van der Waals surface area contributed by atoms with Crippen LogP contribution in [0.2, 0.25) is 0 Å². The van der Waals surface area contributed by atoms with Crippen molar-refractivity contribution in [2.75, 3.05) is 26.8 Å². The Morgan fingerprint density at radius 2 is 2.57 bits per heavy atom. The maximum Gasteiger partial charge on any atom is 0.0794 e. The first-order valence-corrected chi connectivity index (χ1v) is 5.46. The van der Waals surface area contributed by atoms with Gasteiger partial charge in [0.25, 0.3) is 0 Å². The van der Waals surface area contributed by atoms with Crippen LogP contribution in [0.3, 0.4) is 0 Å². The SMILES string of the molecule is COCCNCC(O)Cc1cncs1. The predicted octanol–water partition coefficient (Wildman–Crippen LogP) is 0.282. The first-order chi connectivity index (χ1) is 6.83. The molecule has 1 atom stereocenters. The lowest BCUT2D eigenvalue weighted by Crippen LogP contribution is -2.30. The number of hydrogen-bond donors (Lipinski definition) is 2. The van der Waals surface area contributed by atoms with Crippen molar-refractivity contribution in [1.29, 1.82) is 0 Å². The number of hydrogen-bond acceptors (Lipinski definition) is 5.